The zero-order chi connectivity index (χ0) is 24.4. The normalized spacial score (nSPS) is 30.8. The number of rotatable bonds is 1. The molecule has 4 aliphatic rings. The van der Waals surface area contributed by atoms with Gasteiger partial charge < -0.3 is 9.64 Å². The Bertz CT molecular complexity index is 1230. The fraction of sp³-hybridized carbons (Fsp3) is 0.519. The largest absolute Gasteiger partial charge is 0.487 e. The Morgan fingerprint density at radius 2 is 2.00 bits per heavy atom. The van der Waals surface area contributed by atoms with E-state index in [1.165, 1.54) is 0 Å². The van der Waals surface area contributed by atoms with Gasteiger partial charge in [0.25, 0.3) is 0 Å². The van der Waals surface area contributed by atoms with Crippen LogP contribution in [0, 0.1) is 36.0 Å². The van der Waals surface area contributed by atoms with Gasteiger partial charge in [-0.3, -0.25) is 14.8 Å². The molecule has 4 heterocycles. The molecule has 1 amide bonds. The number of hydrogen-bond donors (Lipinski definition) is 0. The van der Waals surface area contributed by atoms with E-state index >= 15 is 0 Å². The SMILES string of the molecule is Cc1ccc(C#Cc2cncc3c2O[C@H]2C[C@@H]3N(C(=O)C34CCC(C3)C(C(F)(F)F)CC4)C2)cn1. The Morgan fingerprint density at radius 3 is 2.77 bits per heavy atom. The van der Waals surface area contributed by atoms with E-state index in [4.69, 9.17) is 4.74 Å². The van der Waals surface area contributed by atoms with Gasteiger partial charge >= 0.3 is 6.18 Å². The number of nitrogens with zero attached hydrogens (tertiary/aromatic N) is 3. The molecule has 2 aromatic rings. The maximum absolute atomic E-state index is 13.8. The molecule has 2 saturated carbocycles. The first-order valence-electron chi connectivity index (χ1n) is 12.2. The lowest BCUT2D eigenvalue weighted by Gasteiger charge is -2.40. The Labute approximate surface area is 202 Å². The van der Waals surface area contributed by atoms with E-state index in [9.17, 15) is 18.0 Å². The van der Waals surface area contributed by atoms with Gasteiger partial charge in [0.2, 0.25) is 5.91 Å². The van der Waals surface area contributed by atoms with Gasteiger partial charge in [0, 0.05) is 47.2 Å². The van der Waals surface area contributed by atoms with Crippen LogP contribution in [0.15, 0.2) is 30.7 Å². The third kappa shape index (κ3) is 3.76. The molecule has 8 heteroatoms. The topological polar surface area (TPSA) is 55.3 Å². The molecule has 2 aliphatic heterocycles. The number of halogens is 3. The van der Waals surface area contributed by atoms with Gasteiger partial charge in [-0.25, -0.2) is 0 Å². The van der Waals surface area contributed by atoms with E-state index in [0.29, 0.717) is 50.0 Å². The summed E-state index contributed by atoms with van der Waals surface area (Å²) in [5, 5.41) is 0. The molecule has 1 saturated heterocycles. The summed E-state index contributed by atoms with van der Waals surface area (Å²) in [6.45, 7) is 2.36. The van der Waals surface area contributed by atoms with Crippen LogP contribution in [0.2, 0.25) is 0 Å². The Kier molecular flexibility index (Phi) is 5.10. The first kappa shape index (κ1) is 22.4. The van der Waals surface area contributed by atoms with Crippen LogP contribution in [0.3, 0.4) is 0 Å². The average Bonchev–Trinajstić information content (AvgIpc) is 3.35. The average molecular weight is 482 g/mol. The van der Waals surface area contributed by atoms with Gasteiger partial charge in [-0.15, -0.1) is 0 Å². The second-order valence-corrected chi connectivity index (χ2v) is 10.5. The van der Waals surface area contributed by atoms with Crippen molar-refractivity contribution in [1.29, 1.82) is 0 Å². The smallest absolute Gasteiger partial charge is 0.392 e. The molecular weight excluding hydrogens is 455 g/mol. The first-order valence-corrected chi connectivity index (χ1v) is 12.2. The fourth-order valence-corrected chi connectivity index (χ4v) is 6.62. The highest BCUT2D eigenvalue weighted by Gasteiger charge is 2.59. The Hall–Kier alpha value is -3.08. The van der Waals surface area contributed by atoms with Gasteiger partial charge in [-0.05, 0) is 57.1 Å². The molecule has 5 atom stereocenters. The monoisotopic (exact) mass is 481 g/mol. The number of aryl methyl sites for hydroxylation is 1. The number of pyridine rings is 2. The van der Waals surface area contributed by atoms with Crippen molar-refractivity contribution >= 4 is 5.91 Å². The lowest BCUT2D eigenvalue weighted by molar-refractivity contribution is -0.198. The predicted octanol–water partition coefficient (Wildman–Crippen LogP) is 4.98. The molecule has 3 unspecified atom stereocenters. The zero-order valence-corrected chi connectivity index (χ0v) is 19.4. The second-order valence-electron chi connectivity index (χ2n) is 10.5. The summed E-state index contributed by atoms with van der Waals surface area (Å²) in [7, 11) is 0. The maximum Gasteiger partial charge on any atom is 0.392 e. The molecule has 6 rings (SSSR count). The third-order valence-corrected chi connectivity index (χ3v) is 8.37. The highest BCUT2D eigenvalue weighted by atomic mass is 19.4. The summed E-state index contributed by atoms with van der Waals surface area (Å²) in [4.78, 5) is 24.3. The Morgan fingerprint density at radius 1 is 1.17 bits per heavy atom. The number of carbonyl (C=O) groups excluding carboxylic acids is 1. The summed E-state index contributed by atoms with van der Waals surface area (Å²) in [6, 6.07) is 3.63. The second kappa shape index (κ2) is 7.97. The van der Waals surface area contributed by atoms with Gasteiger partial charge in [0.15, 0.2) is 0 Å². The number of ether oxygens (including phenoxy) is 1. The molecule has 2 aliphatic carbocycles. The molecule has 35 heavy (non-hydrogen) atoms. The quantitative estimate of drug-likeness (QED) is 0.540. The lowest BCUT2D eigenvalue weighted by Crippen LogP contribution is -2.46. The van der Waals surface area contributed by atoms with Gasteiger partial charge in [0.1, 0.15) is 11.9 Å². The van der Waals surface area contributed by atoms with E-state index in [2.05, 4.69) is 21.8 Å². The molecule has 5 nitrogen and oxygen atoms in total. The lowest BCUT2D eigenvalue weighted by atomic mass is 9.70. The maximum atomic E-state index is 13.8. The van der Waals surface area contributed by atoms with Crippen molar-refractivity contribution in [1.82, 2.24) is 14.9 Å². The number of alkyl halides is 3. The van der Waals surface area contributed by atoms with E-state index < -0.39 is 23.4 Å². The summed E-state index contributed by atoms with van der Waals surface area (Å²) in [5.41, 5.74) is 2.52. The number of likely N-dealkylation sites (tertiary alicyclic amines) is 1. The van der Waals surface area contributed by atoms with Crippen molar-refractivity contribution in [3.63, 3.8) is 0 Å². The van der Waals surface area contributed by atoms with Crippen LogP contribution in [0.1, 0.15) is 67.0 Å². The van der Waals surface area contributed by atoms with Crippen molar-refractivity contribution in [3.8, 4) is 17.6 Å². The summed E-state index contributed by atoms with van der Waals surface area (Å²) >= 11 is 0. The molecule has 2 aromatic heterocycles. The summed E-state index contributed by atoms with van der Waals surface area (Å²) in [5.74, 6) is 5.18. The molecule has 0 radical (unpaired) electrons. The molecular formula is C27H26F3N3O2. The van der Waals surface area contributed by atoms with Crippen LogP contribution < -0.4 is 4.74 Å². The highest BCUT2D eigenvalue weighted by molar-refractivity contribution is 5.84. The van der Waals surface area contributed by atoms with Crippen LogP contribution >= 0.6 is 0 Å². The highest BCUT2D eigenvalue weighted by Crippen LogP contribution is 2.59. The van der Waals surface area contributed by atoms with E-state index in [0.717, 1.165) is 16.8 Å². The number of fused-ring (bicyclic) bond motifs is 6. The standard InChI is InChI=1S/C27H26F3N3O2/c1-16-2-3-17(12-32-16)4-5-19-13-31-14-21-23-10-20(35-24(19)21)15-33(23)25(34)26-8-6-18(11-26)22(7-9-26)27(28,29)30/h2-3,12-14,18,20,22-23H,6-11,15H2,1H3/t18?,20-,22?,23-,26?/m0/s1. The minimum absolute atomic E-state index is 0.00760. The minimum atomic E-state index is -4.18. The van der Waals surface area contributed by atoms with Crippen LogP contribution in [0.4, 0.5) is 13.2 Å². The number of carbonyl (C=O) groups is 1. The number of hydrogen-bond acceptors (Lipinski definition) is 4. The molecule has 182 valence electrons. The summed E-state index contributed by atoms with van der Waals surface area (Å²) in [6.07, 6.45) is 3.16. The van der Waals surface area contributed by atoms with Crippen LogP contribution in [-0.4, -0.2) is 39.6 Å². The van der Waals surface area contributed by atoms with E-state index in [1.807, 2.05) is 24.0 Å². The molecule has 0 N–H and O–H groups in total. The van der Waals surface area contributed by atoms with Gasteiger partial charge in [0.05, 0.1) is 24.1 Å². The molecule has 0 aromatic carbocycles. The van der Waals surface area contributed by atoms with Crippen molar-refractivity contribution in [3.05, 3.63) is 53.1 Å². The molecule has 0 spiro atoms. The van der Waals surface area contributed by atoms with Crippen molar-refractivity contribution in [2.75, 3.05) is 6.54 Å². The zero-order valence-electron chi connectivity index (χ0n) is 19.4. The van der Waals surface area contributed by atoms with Crippen molar-refractivity contribution in [2.45, 2.75) is 63.8 Å². The first-order chi connectivity index (χ1) is 16.7. The molecule has 3 fully saturated rings. The minimum Gasteiger partial charge on any atom is -0.487 e. The van der Waals surface area contributed by atoms with Gasteiger partial charge in [-0.2, -0.15) is 13.2 Å². The van der Waals surface area contributed by atoms with Crippen LogP contribution in [-0.2, 0) is 4.79 Å². The van der Waals surface area contributed by atoms with Crippen molar-refractivity contribution in [2.24, 2.45) is 17.3 Å². The van der Waals surface area contributed by atoms with E-state index in [-0.39, 0.29) is 24.5 Å². The number of amides is 1. The van der Waals surface area contributed by atoms with E-state index in [1.54, 1.807) is 18.6 Å². The van der Waals surface area contributed by atoms with Crippen molar-refractivity contribution < 1.29 is 22.7 Å². The number of aromatic nitrogens is 2. The fourth-order valence-electron chi connectivity index (χ4n) is 6.62. The predicted molar refractivity (Wildman–Crippen MR) is 121 cm³/mol. The third-order valence-electron chi connectivity index (χ3n) is 8.37. The molecule has 4 bridgehead atoms. The summed E-state index contributed by atoms with van der Waals surface area (Å²) < 4.78 is 46.6. The van der Waals surface area contributed by atoms with Gasteiger partial charge in [-0.1, -0.05) is 11.8 Å². The van der Waals surface area contributed by atoms with Crippen LogP contribution in [0.5, 0.6) is 5.75 Å². The van der Waals surface area contributed by atoms with Crippen LogP contribution in [0.25, 0.3) is 0 Å². The Balaban J connectivity index is 1.26.